The van der Waals surface area contributed by atoms with Gasteiger partial charge in [0.1, 0.15) is 28.9 Å². The summed E-state index contributed by atoms with van der Waals surface area (Å²) in [5.41, 5.74) is 0.778. The minimum Gasteiger partial charge on any atom is -0.485 e. The molecule has 0 aliphatic carbocycles. The monoisotopic (exact) mass is 568 g/mol. The quantitative estimate of drug-likeness (QED) is 0.167. The smallest absolute Gasteiger partial charge is 0.343 e. The van der Waals surface area contributed by atoms with Crippen LogP contribution in [-0.4, -0.2) is 29.8 Å². The molecule has 0 N–H and O–H groups in total. The minimum absolute atomic E-state index is 0.0152. The van der Waals surface area contributed by atoms with Crippen LogP contribution in [0.25, 0.3) is 0 Å². The van der Waals surface area contributed by atoms with Crippen LogP contribution in [0.15, 0.2) is 21.4 Å². The predicted molar refractivity (Wildman–Crippen MR) is 149 cm³/mol. The summed E-state index contributed by atoms with van der Waals surface area (Å²) in [7, 11) is 0. The molecule has 2 unspecified atom stereocenters. The number of carbonyl (C=O) groups is 4. The van der Waals surface area contributed by atoms with Crippen molar-refractivity contribution in [3.8, 4) is 23.0 Å². The highest BCUT2D eigenvalue weighted by atomic mass is 16.6. The zero-order valence-corrected chi connectivity index (χ0v) is 24.8. The van der Waals surface area contributed by atoms with Crippen LogP contribution in [0.1, 0.15) is 93.3 Å². The van der Waals surface area contributed by atoms with Gasteiger partial charge in [0.05, 0.1) is 5.56 Å². The number of aryl methyl sites for hydroxylation is 1. The van der Waals surface area contributed by atoms with E-state index in [4.69, 9.17) is 23.4 Å². The maximum absolute atomic E-state index is 13.8. The molecule has 220 valence electrons. The Bertz CT molecular complexity index is 1490. The molecule has 0 spiro atoms. The average molecular weight is 569 g/mol. The summed E-state index contributed by atoms with van der Waals surface area (Å²) in [6.07, 6.45) is 0.196. The van der Waals surface area contributed by atoms with Crippen molar-refractivity contribution in [1.29, 1.82) is 0 Å². The molecule has 1 aromatic heterocycles. The van der Waals surface area contributed by atoms with Crippen molar-refractivity contribution in [2.24, 2.45) is 5.92 Å². The van der Waals surface area contributed by atoms with E-state index in [0.717, 1.165) is 6.92 Å². The summed E-state index contributed by atoms with van der Waals surface area (Å²) in [4.78, 5) is 63.8. The van der Waals surface area contributed by atoms with Crippen LogP contribution in [0.2, 0.25) is 0 Å². The molecule has 41 heavy (non-hydrogen) atoms. The van der Waals surface area contributed by atoms with Gasteiger partial charge in [-0.25, -0.2) is 4.79 Å². The van der Waals surface area contributed by atoms with E-state index in [2.05, 4.69) is 6.58 Å². The normalized spacial score (nSPS) is 14.5. The molecule has 1 aliphatic heterocycles. The van der Waals surface area contributed by atoms with Crippen molar-refractivity contribution in [3.05, 3.63) is 56.1 Å². The van der Waals surface area contributed by atoms with E-state index in [9.17, 15) is 24.0 Å². The zero-order chi connectivity index (χ0) is 30.8. The highest BCUT2D eigenvalue weighted by molar-refractivity contribution is 6.05. The molecule has 10 heteroatoms. The Morgan fingerprint density at radius 3 is 2.00 bits per heavy atom. The molecule has 2 heterocycles. The van der Waals surface area contributed by atoms with Crippen molar-refractivity contribution < 1.29 is 42.5 Å². The number of hydrogen-bond acceptors (Lipinski definition) is 10. The molecule has 0 fully saturated rings. The van der Waals surface area contributed by atoms with E-state index in [1.54, 1.807) is 27.7 Å². The molecular formula is C31H36O10. The van der Waals surface area contributed by atoms with E-state index in [-0.39, 0.29) is 52.5 Å². The summed E-state index contributed by atoms with van der Waals surface area (Å²) < 4.78 is 28.5. The number of Topliss-reactive ketones (excluding diaryl/α,β-unsaturated/α-hetero) is 1. The van der Waals surface area contributed by atoms with Gasteiger partial charge in [-0.3, -0.25) is 19.2 Å². The molecule has 2 atom stereocenters. The molecule has 1 aromatic carbocycles. The summed E-state index contributed by atoms with van der Waals surface area (Å²) in [5.74, 6) is -2.77. The van der Waals surface area contributed by atoms with Crippen molar-refractivity contribution in [1.82, 2.24) is 0 Å². The fourth-order valence-corrected chi connectivity index (χ4v) is 4.74. The van der Waals surface area contributed by atoms with Crippen molar-refractivity contribution in [2.45, 2.75) is 87.2 Å². The van der Waals surface area contributed by atoms with E-state index in [1.807, 2.05) is 6.92 Å². The van der Waals surface area contributed by atoms with E-state index < -0.39 is 41.3 Å². The lowest BCUT2D eigenvalue weighted by Gasteiger charge is -2.22. The third kappa shape index (κ3) is 6.42. The van der Waals surface area contributed by atoms with Gasteiger partial charge in [0.2, 0.25) is 0 Å². The van der Waals surface area contributed by atoms with Crippen LogP contribution >= 0.6 is 0 Å². The Kier molecular flexibility index (Phi) is 9.57. The summed E-state index contributed by atoms with van der Waals surface area (Å²) in [6.45, 7) is 16.3. The molecular weight excluding hydrogens is 532 g/mol. The molecule has 0 saturated carbocycles. The second-order valence-electron chi connectivity index (χ2n) is 10.2. The maximum Gasteiger partial charge on any atom is 0.343 e. The highest BCUT2D eigenvalue weighted by Gasteiger charge is 2.39. The van der Waals surface area contributed by atoms with Crippen LogP contribution < -0.4 is 24.6 Å². The van der Waals surface area contributed by atoms with Gasteiger partial charge >= 0.3 is 23.5 Å². The van der Waals surface area contributed by atoms with Gasteiger partial charge < -0.3 is 23.4 Å². The summed E-state index contributed by atoms with van der Waals surface area (Å²) in [5, 5.41) is 0. The van der Waals surface area contributed by atoms with Gasteiger partial charge in [-0.05, 0) is 25.8 Å². The van der Waals surface area contributed by atoms with Gasteiger partial charge in [-0.15, -0.1) is 0 Å². The van der Waals surface area contributed by atoms with Crippen LogP contribution in [-0.2, 0) is 33.6 Å². The van der Waals surface area contributed by atoms with E-state index >= 15 is 0 Å². The lowest BCUT2D eigenvalue weighted by Crippen LogP contribution is -2.21. The SMILES string of the molecule is C=C(C)C1Cc2c(c(Cc3c(OC(C)=O)c(C)c(CC)oc3=O)c(OC(C)=O)c(C(=O)C(C)CC)c2OC(C)=O)O1. The summed E-state index contributed by atoms with van der Waals surface area (Å²) >= 11 is 0. The second-order valence-corrected chi connectivity index (χ2v) is 10.2. The molecule has 0 radical (unpaired) electrons. The number of carbonyl (C=O) groups excluding carboxylic acids is 4. The number of benzene rings is 1. The van der Waals surface area contributed by atoms with Crippen LogP contribution in [0, 0.1) is 12.8 Å². The largest absolute Gasteiger partial charge is 0.485 e. The van der Waals surface area contributed by atoms with Crippen LogP contribution in [0.3, 0.4) is 0 Å². The Hall–Kier alpha value is -4.21. The van der Waals surface area contributed by atoms with Gasteiger partial charge in [0, 0.05) is 62.6 Å². The van der Waals surface area contributed by atoms with Gasteiger partial charge in [0.15, 0.2) is 17.3 Å². The van der Waals surface area contributed by atoms with Gasteiger partial charge in [-0.2, -0.15) is 0 Å². The second kappa shape index (κ2) is 12.5. The Morgan fingerprint density at radius 2 is 1.49 bits per heavy atom. The average Bonchev–Trinajstić information content (AvgIpc) is 3.34. The third-order valence-corrected chi connectivity index (χ3v) is 6.96. The van der Waals surface area contributed by atoms with Gasteiger partial charge in [-0.1, -0.05) is 27.4 Å². The van der Waals surface area contributed by atoms with Crippen molar-refractivity contribution in [3.63, 3.8) is 0 Å². The van der Waals surface area contributed by atoms with Crippen molar-refractivity contribution >= 4 is 23.7 Å². The number of ether oxygens (including phenoxy) is 4. The minimum atomic E-state index is -0.764. The number of hydrogen-bond donors (Lipinski definition) is 0. The number of rotatable bonds is 10. The first-order chi connectivity index (χ1) is 19.2. The standard InChI is InChI=1S/C31H36O10/c1-10-15(5)26(35)25-29(38-18(8)33)20(28-21(30(25)39-19(9)34)13-24(40-28)14(3)4)12-22-27(37-17(7)32)16(6)23(11-2)41-31(22)36/h15,24H,3,10-13H2,1-2,4-9H3. The maximum atomic E-state index is 13.8. The molecule has 0 amide bonds. The molecule has 2 aromatic rings. The topological polar surface area (TPSA) is 135 Å². The molecule has 0 saturated heterocycles. The molecule has 10 nitrogen and oxygen atoms in total. The van der Waals surface area contributed by atoms with Gasteiger partial charge in [0.25, 0.3) is 0 Å². The zero-order valence-electron chi connectivity index (χ0n) is 24.8. The Balaban J connectivity index is 2.50. The number of ketones is 1. The summed E-state index contributed by atoms with van der Waals surface area (Å²) in [6, 6.07) is 0. The fourth-order valence-electron chi connectivity index (χ4n) is 4.74. The first-order valence-electron chi connectivity index (χ1n) is 13.5. The van der Waals surface area contributed by atoms with E-state index in [0.29, 0.717) is 35.3 Å². The van der Waals surface area contributed by atoms with Crippen LogP contribution in [0.4, 0.5) is 0 Å². The molecule has 1 aliphatic rings. The Morgan fingerprint density at radius 1 is 0.927 bits per heavy atom. The first-order valence-corrected chi connectivity index (χ1v) is 13.5. The predicted octanol–water partition coefficient (Wildman–Crippen LogP) is 4.99. The Labute approximate surface area is 238 Å². The molecule has 0 bridgehead atoms. The fraction of sp³-hybridized carbons (Fsp3) is 0.452. The molecule has 3 rings (SSSR count). The lowest BCUT2D eigenvalue weighted by atomic mass is 9.88. The first kappa shape index (κ1) is 31.3. The van der Waals surface area contributed by atoms with Crippen molar-refractivity contribution in [2.75, 3.05) is 0 Å². The number of esters is 3. The van der Waals surface area contributed by atoms with Crippen LogP contribution in [0.5, 0.6) is 23.0 Å². The third-order valence-electron chi connectivity index (χ3n) is 6.96. The number of fused-ring (bicyclic) bond motifs is 1. The highest BCUT2D eigenvalue weighted by Crippen LogP contribution is 2.50. The van der Waals surface area contributed by atoms with E-state index in [1.165, 1.54) is 13.8 Å². The lowest BCUT2D eigenvalue weighted by molar-refractivity contribution is -0.133.